The summed E-state index contributed by atoms with van der Waals surface area (Å²) in [5, 5.41) is 2.03. The van der Waals surface area contributed by atoms with Crippen molar-refractivity contribution in [1.29, 1.82) is 0 Å². The molecule has 0 aliphatic carbocycles. The number of ether oxygens (including phenoxy) is 3. The summed E-state index contributed by atoms with van der Waals surface area (Å²) in [4.78, 5) is 13.2. The molecule has 1 aromatic heterocycles. The molecule has 0 atom stereocenters. The van der Waals surface area contributed by atoms with Gasteiger partial charge in [-0.1, -0.05) is 0 Å². The van der Waals surface area contributed by atoms with Crippen LogP contribution >= 0.6 is 11.3 Å². The van der Waals surface area contributed by atoms with Gasteiger partial charge in [-0.25, -0.2) is 4.79 Å². The average molecular weight is 288 g/mol. The van der Waals surface area contributed by atoms with Crippen LogP contribution in [0, 0.1) is 0 Å². The van der Waals surface area contributed by atoms with Crippen LogP contribution in [0.15, 0.2) is 23.6 Å². The maximum absolute atomic E-state index is 12.1. The molecule has 2 aliphatic rings. The van der Waals surface area contributed by atoms with Crippen LogP contribution in [0.4, 0.5) is 0 Å². The molecule has 0 unspecified atom stereocenters. The molecule has 3 heterocycles. The molecule has 20 heavy (non-hydrogen) atoms. The molecule has 4 nitrogen and oxygen atoms in total. The molecule has 102 valence electrons. The van der Waals surface area contributed by atoms with Crippen molar-refractivity contribution >= 4 is 17.3 Å². The van der Waals surface area contributed by atoms with E-state index in [1.165, 1.54) is 0 Å². The van der Waals surface area contributed by atoms with E-state index in [4.69, 9.17) is 14.2 Å². The van der Waals surface area contributed by atoms with Crippen LogP contribution in [0.25, 0.3) is 10.4 Å². The average Bonchev–Trinajstić information content (AvgIpc) is 2.84. The molecule has 1 aromatic carbocycles. The van der Waals surface area contributed by atoms with E-state index in [1.54, 1.807) is 37.3 Å². The van der Waals surface area contributed by atoms with Gasteiger partial charge in [0.25, 0.3) is 0 Å². The second-order valence-corrected chi connectivity index (χ2v) is 6.22. The molecule has 0 N–H and O–H groups in total. The smallest absolute Gasteiger partial charge is 0.345 e. The van der Waals surface area contributed by atoms with Gasteiger partial charge in [-0.15, -0.1) is 11.3 Å². The van der Waals surface area contributed by atoms with Gasteiger partial charge in [0.05, 0.1) is 0 Å². The van der Waals surface area contributed by atoms with E-state index < -0.39 is 5.79 Å². The predicted molar refractivity (Wildman–Crippen MR) is 74.2 cm³/mol. The van der Waals surface area contributed by atoms with Crippen LogP contribution in [0.1, 0.15) is 29.8 Å². The standard InChI is InChI=1S/C15H12O4S/c1-15(2)18-12-6-11-9(5-10(12)14(16)19-15)13-8(7-17-11)3-4-20-13/h3-6H,7H2,1-2H3. The minimum Gasteiger partial charge on any atom is -0.488 e. The maximum atomic E-state index is 12.1. The summed E-state index contributed by atoms with van der Waals surface area (Å²) in [6.45, 7) is 3.98. The first-order valence-electron chi connectivity index (χ1n) is 6.33. The second-order valence-electron chi connectivity index (χ2n) is 5.30. The first kappa shape index (κ1) is 11.8. The number of carbonyl (C=O) groups is 1. The Balaban J connectivity index is 1.91. The molecular weight excluding hydrogens is 276 g/mol. The van der Waals surface area contributed by atoms with Crippen molar-refractivity contribution in [3.05, 3.63) is 34.7 Å². The third-order valence-corrected chi connectivity index (χ3v) is 4.36. The normalized spacial score (nSPS) is 18.0. The van der Waals surface area contributed by atoms with E-state index in [0.717, 1.165) is 21.8 Å². The Morgan fingerprint density at radius 1 is 1.15 bits per heavy atom. The number of rotatable bonds is 0. The monoisotopic (exact) mass is 288 g/mol. The number of fused-ring (bicyclic) bond motifs is 4. The zero-order valence-corrected chi connectivity index (χ0v) is 11.9. The Labute approximate surface area is 119 Å². The van der Waals surface area contributed by atoms with Crippen molar-refractivity contribution < 1.29 is 19.0 Å². The number of hydrogen-bond donors (Lipinski definition) is 0. The highest BCUT2D eigenvalue weighted by molar-refractivity contribution is 7.13. The number of cyclic esters (lactones) is 1. The summed E-state index contributed by atoms with van der Waals surface area (Å²) in [7, 11) is 0. The van der Waals surface area contributed by atoms with Gasteiger partial charge in [-0.3, -0.25) is 0 Å². The van der Waals surface area contributed by atoms with Crippen LogP contribution in [0.2, 0.25) is 0 Å². The largest absolute Gasteiger partial charge is 0.488 e. The quantitative estimate of drug-likeness (QED) is 0.695. The van der Waals surface area contributed by atoms with Gasteiger partial charge in [0.15, 0.2) is 0 Å². The fourth-order valence-corrected chi connectivity index (χ4v) is 3.44. The zero-order valence-electron chi connectivity index (χ0n) is 11.1. The van der Waals surface area contributed by atoms with Crippen LogP contribution in [0.3, 0.4) is 0 Å². The van der Waals surface area contributed by atoms with Crippen molar-refractivity contribution in [3.63, 3.8) is 0 Å². The minimum atomic E-state index is -0.943. The summed E-state index contributed by atoms with van der Waals surface area (Å²) >= 11 is 1.65. The van der Waals surface area contributed by atoms with E-state index in [2.05, 4.69) is 0 Å². The molecule has 2 aliphatic heterocycles. The first-order valence-corrected chi connectivity index (χ1v) is 7.21. The van der Waals surface area contributed by atoms with Crippen LogP contribution in [-0.2, 0) is 11.3 Å². The van der Waals surface area contributed by atoms with Crippen molar-refractivity contribution in [3.8, 4) is 21.9 Å². The highest BCUT2D eigenvalue weighted by Gasteiger charge is 2.35. The molecule has 0 fully saturated rings. The Morgan fingerprint density at radius 2 is 2.00 bits per heavy atom. The van der Waals surface area contributed by atoms with Gasteiger partial charge in [-0.2, -0.15) is 0 Å². The van der Waals surface area contributed by atoms with Crippen molar-refractivity contribution in [2.45, 2.75) is 26.2 Å². The van der Waals surface area contributed by atoms with Gasteiger partial charge < -0.3 is 14.2 Å². The van der Waals surface area contributed by atoms with Gasteiger partial charge in [0.1, 0.15) is 23.7 Å². The lowest BCUT2D eigenvalue weighted by Crippen LogP contribution is -2.38. The number of hydrogen-bond acceptors (Lipinski definition) is 5. The van der Waals surface area contributed by atoms with Gasteiger partial charge in [-0.05, 0) is 17.5 Å². The van der Waals surface area contributed by atoms with Crippen LogP contribution < -0.4 is 9.47 Å². The highest BCUT2D eigenvalue weighted by Crippen LogP contribution is 2.45. The zero-order chi connectivity index (χ0) is 13.9. The molecule has 0 radical (unpaired) electrons. The highest BCUT2D eigenvalue weighted by atomic mass is 32.1. The Morgan fingerprint density at radius 3 is 2.85 bits per heavy atom. The fraction of sp³-hybridized carbons (Fsp3) is 0.267. The third kappa shape index (κ3) is 1.63. The lowest BCUT2D eigenvalue weighted by atomic mass is 10.0. The number of esters is 1. The topological polar surface area (TPSA) is 44.8 Å². The summed E-state index contributed by atoms with van der Waals surface area (Å²) in [6, 6.07) is 5.63. The summed E-state index contributed by atoms with van der Waals surface area (Å²) in [5.74, 6) is -0.0295. The number of thiophene rings is 1. The van der Waals surface area contributed by atoms with Gasteiger partial charge in [0, 0.05) is 35.9 Å². The molecule has 0 spiro atoms. The molecule has 0 saturated heterocycles. The molecule has 5 heteroatoms. The van der Waals surface area contributed by atoms with Crippen LogP contribution in [0.5, 0.6) is 11.5 Å². The molecule has 0 saturated carbocycles. The molecule has 4 rings (SSSR count). The van der Waals surface area contributed by atoms with E-state index in [-0.39, 0.29) is 5.97 Å². The molecule has 2 aromatic rings. The number of benzene rings is 1. The number of carbonyl (C=O) groups excluding carboxylic acids is 1. The Hall–Kier alpha value is -2.01. The summed E-state index contributed by atoms with van der Waals surface area (Å²) in [5.41, 5.74) is 2.53. The lowest BCUT2D eigenvalue weighted by molar-refractivity contribution is -0.127. The summed E-state index contributed by atoms with van der Waals surface area (Å²) in [6.07, 6.45) is 0. The van der Waals surface area contributed by atoms with Gasteiger partial charge >= 0.3 is 5.97 Å². The van der Waals surface area contributed by atoms with E-state index >= 15 is 0 Å². The van der Waals surface area contributed by atoms with E-state index in [0.29, 0.717) is 17.9 Å². The Kier molecular flexibility index (Phi) is 2.22. The van der Waals surface area contributed by atoms with E-state index in [9.17, 15) is 4.79 Å². The second kappa shape index (κ2) is 3.76. The SMILES string of the molecule is CC1(C)OC(=O)c2cc3c(cc2O1)OCc1ccsc1-3. The van der Waals surface area contributed by atoms with E-state index in [1.807, 2.05) is 11.4 Å². The lowest BCUT2D eigenvalue weighted by Gasteiger charge is -2.32. The summed E-state index contributed by atoms with van der Waals surface area (Å²) < 4.78 is 16.7. The van der Waals surface area contributed by atoms with Crippen LogP contribution in [-0.4, -0.2) is 11.8 Å². The first-order chi connectivity index (χ1) is 9.53. The van der Waals surface area contributed by atoms with Crippen molar-refractivity contribution in [2.24, 2.45) is 0 Å². The molecular formula is C15H12O4S. The molecule has 0 amide bonds. The van der Waals surface area contributed by atoms with Crippen molar-refractivity contribution in [1.82, 2.24) is 0 Å². The Bertz CT molecular complexity index is 729. The predicted octanol–water partition coefficient (Wildman–Crippen LogP) is 3.59. The van der Waals surface area contributed by atoms with Gasteiger partial charge in [0.2, 0.25) is 5.79 Å². The minimum absolute atomic E-state index is 0.359. The third-order valence-electron chi connectivity index (χ3n) is 3.37. The van der Waals surface area contributed by atoms with Crippen molar-refractivity contribution in [2.75, 3.05) is 0 Å². The molecule has 0 bridgehead atoms. The maximum Gasteiger partial charge on any atom is 0.345 e. The fourth-order valence-electron chi connectivity index (χ4n) is 2.51.